The van der Waals surface area contributed by atoms with Crippen LogP contribution < -0.4 is 9.62 Å². The molecule has 0 aromatic heterocycles. The van der Waals surface area contributed by atoms with Crippen LogP contribution >= 0.6 is 35.0 Å². The lowest BCUT2D eigenvalue weighted by atomic mass is 10.3. The third-order valence-corrected chi connectivity index (χ3v) is 7.22. The number of amides is 1. The van der Waals surface area contributed by atoms with E-state index in [-0.39, 0.29) is 17.5 Å². The van der Waals surface area contributed by atoms with E-state index in [0.29, 0.717) is 22.5 Å². The fourth-order valence-electron chi connectivity index (χ4n) is 2.70. The van der Waals surface area contributed by atoms with Crippen molar-refractivity contribution in [3.63, 3.8) is 0 Å². The number of carbonyl (C=O) groups is 1. The smallest absolute Gasteiger partial charge is 0.240 e. The van der Waals surface area contributed by atoms with Crippen molar-refractivity contribution in [3.05, 3.63) is 28.2 Å². The van der Waals surface area contributed by atoms with Gasteiger partial charge in [-0.25, -0.2) is 8.42 Å². The predicted octanol–water partition coefficient (Wildman–Crippen LogP) is 3.55. The van der Waals surface area contributed by atoms with Crippen molar-refractivity contribution in [1.29, 1.82) is 0 Å². The third-order valence-electron chi connectivity index (χ3n) is 3.96. The quantitative estimate of drug-likeness (QED) is 0.647. The van der Waals surface area contributed by atoms with Crippen molar-refractivity contribution in [2.45, 2.75) is 30.9 Å². The molecule has 1 aliphatic rings. The second-order valence-corrected chi connectivity index (χ2v) is 10.1. The number of nitrogens with one attached hydrogen (secondary N) is 1. The zero-order valence-electron chi connectivity index (χ0n) is 14.0. The summed E-state index contributed by atoms with van der Waals surface area (Å²) in [5.74, 6) is 0.491. The van der Waals surface area contributed by atoms with Crippen LogP contribution in [0, 0.1) is 0 Å². The zero-order valence-corrected chi connectivity index (χ0v) is 17.1. The number of thioether (sulfide) groups is 1. The number of nitrogens with zero attached hydrogens (tertiary/aromatic N) is 1. The first kappa shape index (κ1) is 20.7. The Morgan fingerprint density at radius 3 is 2.56 bits per heavy atom. The fraction of sp³-hybridized carbons (Fsp3) is 0.562. The van der Waals surface area contributed by atoms with Crippen molar-refractivity contribution in [2.24, 2.45) is 0 Å². The average molecular weight is 425 g/mol. The predicted molar refractivity (Wildman–Crippen MR) is 106 cm³/mol. The molecule has 0 spiro atoms. The Morgan fingerprint density at radius 1 is 1.28 bits per heavy atom. The van der Waals surface area contributed by atoms with Gasteiger partial charge in [0.05, 0.1) is 22.0 Å². The summed E-state index contributed by atoms with van der Waals surface area (Å²) in [4.78, 5) is 12.1. The Bertz CT molecular complexity index is 707. The van der Waals surface area contributed by atoms with E-state index in [1.165, 1.54) is 43.9 Å². The van der Waals surface area contributed by atoms with Gasteiger partial charge in [-0.15, -0.1) is 0 Å². The first-order valence-electron chi connectivity index (χ1n) is 8.08. The van der Waals surface area contributed by atoms with Gasteiger partial charge in [0, 0.05) is 17.5 Å². The van der Waals surface area contributed by atoms with E-state index < -0.39 is 10.0 Å². The maximum absolute atomic E-state index is 12.1. The molecule has 0 radical (unpaired) electrons. The number of benzene rings is 1. The van der Waals surface area contributed by atoms with Gasteiger partial charge in [0.2, 0.25) is 15.9 Å². The number of halogens is 2. The minimum Gasteiger partial charge on any atom is -0.354 e. The average Bonchev–Trinajstić information content (AvgIpc) is 3.04. The summed E-state index contributed by atoms with van der Waals surface area (Å²) < 4.78 is 25.1. The van der Waals surface area contributed by atoms with Crippen LogP contribution in [0.3, 0.4) is 0 Å². The second-order valence-electron chi connectivity index (χ2n) is 6.00. The molecule has 1 amide bonds. The third kappa shape index (κ3) is 6.55. The molecule has 1 saturated carbocycles. The minimum atomic E-state index is -3.62. The Hall–Kier alpha value is -0.630. The summed E-state index contributed by atoms with van der Waals surface area (Å²) in [6, 6.07) is 4.47. The molecule has 1 aromatic carbocycles. The molecule has 0 saturated heterocycles. The van der Waals surface area contributed by atoms with Gasteiger partial charge in [0.15, 0.2) is 0 Å². The Morgan fingerprint density at radius 2 is 1.96 bits per heavy atom. The van der Waals surface area contributed by atoms with Crippen LogP contribution in [0.15, 0.2) is 18.2 Å². The van der Waals surface area contributed by atoms with Crippen LogP contribution in [-0.2, 0) is 14.8 Å². The monoisotopic (exact) mass is 424 g/mol. The summed E-state index contributed by atoms with van der Waals surface area (Å²) in [5.41, 5.74) is 0.312. The van der Waals surface area contributed by atoms with Gasteiger partial charge >= 0.3 is 0 Å². The highest BCUT2D eigenvalue weighted by Gasteiger charge is 2.21. The number of rotatable bonds is 8. The highest BCUT2D eigenvalue weighted by Crippen LogP contribution is 2.29. The second kappa shape index (κ2) is 9.35. The number of hydrogen-bond acceptors (Lipinski definition) is 4. The van der Waals surface area contributed by atoms with Gasteiger partial charge < -0.3 is 5.32 Å². The molecular weight excluding hydrogens is 403 g/mol. The molecule has 140 valence electrons. The molecule has 1 aromatic rings. The zero-order chi connectivity index (χ0) is 18.4. The topological polar surface area (TPSA) is 66.5 Å². The first-order chi connectivity index (χ1) is 11.8. The standard InChI is InChI=1S/C16H22Cl2N2O3S2/c1-25(22,23)20(12-6-7-14(17)15(18)10-12)11-16(21)19-8-9-24-13-4-2-3-5-13/h6-7,10,13H,2-5,8-9,11H2,1H3,(H,19,21). The molecule has 2 rings (SSSR count). The van der Waals surface area contributed by atoms with Gasteiger partial charge in [-0.2, -0.15) is 11.8 Å². The number of anilines is 1. The Balaban J connectivity index is 1.90. The molecule has 0 atom stereocenters. The highest BCUT2D eigenvalue weighted by atomic mass is 35.5. The summed E-state index contributed by atoms with van der Waals surface area (Å²) >= 11 is 13.7. The van der Waals surface area contributed by atoms with E-state index in [1.807, 2.05) is 11.8 Å². The molecule has 1 N–H and O–H groups in total. The molecule has 9 heteroatoms. The largest absolute Gasteiger partial charge is 0.354 e. The number of hydrogen-bond donors (Lipinski definition) is 1. The van der Waals surface area contributed by atoms with Crippen molar-refractivity contribution >= 4 is 56.6 Å². The van der Waals surface area contributed by atoms with Crippen molar-refractivity contribution in [1.82, 2.24) is 5.32 Å². The lowest BCUT2D eigenvalue weighted by molar-refractivity contribution is -0.119. The van der Waals surface area contributed by atoms with Crippen LogP contribution in [0.1, 0.15) is 25.7 Å². The van der Waals surface area contributed by atoms with Crippen LogP contribution in [0.4, 0.5) is 5.69 Å². The van der Waals surface area contributed by atoms with E-state index in [1.54, 1.807) is 0 Å². The maximum atomic E-state index is 12.1. The summed E-state index contributed by atoms with van der Waals surface area (Å²) in [5, 5.41) is 4.04. The molecule has 5 nitrogen and oxygen atoms in total. The van der Waals surface area contributed by atoms with E-state index >= 15 is 0 Å². The van der Waals surface area contributed by atoms with Gasteiger partial charge in [0.25, 0.3) is 0 Å². The molecule has 1 fully saturated rings. The number of sulfonamides is 1. The van der Waals surface area contributed by atoms with Crippen LogP contribution in [0.25, 0.3) is 0 Å². The van der Waals surface area contributed by atoms with Gasteiger partial charge in [-0.05, 0) is 31.0 Å². The molecule has 0 unspecified atom stereocenters. The summed E-state index contributed by atoms with van der Waals surface area (Å²) in [6.07, 6.45) is 6.13. The first-order valence-corrected chi connectivity index (χ1v) is 11.7. The molecule has 0 bridgehead atoms. The summed E-state index contributed by atoms with van der Waals surface area (Å²) in [7, 11) is -3.62. The number of carbonyl (C=O) groups excluding carboxylic acids is 1. The van der Waals surface area contributed by atoms with Gasteiger partial charge in [-0.3, -0.25) is 9.10 Å². The Kier molecular flexibility index (Phi) is 7.73. The molecular formula is C16H22Cl2N2O3S2. The van der Waals surface area contributed by atoms with Gasteiger partial charge in [0.1, 0.15) is 6.54 Å². The van der Waals surface area contributed by atoms with E-state index in [0.717, 1.165) is 16.3 Å². The van der Waals surface area contributed by atoms with Crippen LogP contribution in [0.2, 0.25) is 10.0 Å². The van der Waals surface area contributed by atoms with Crippen LogP contribution in [0.5, 0.6) is 0 Å². The molecule has 25 heavy (non-hydrogen) atoms. The normalized spacial score (nSPS) is 15.3. The van der Waals surface area contributed by atoms with Crippen molar-refractivity contribution in [2.75, 3.05) is 29.4 Å². The fourth-order valence-corrected chi connectivity index (χ4v) is 5.06. The van der Waals surface area contributed by atoms with Gasteiger partial charge in [-0.1, -0.05) is 36.0 Å². The SMILES string of the molecule is CS(=O)(=O)N(CC(=O)NCCSC1CCCC1)c1ccc(Cl)c(Cl)c1. The lowest BCUT2D eigenvalue weighted by Crippen LogP contribution is -2.41. The highest BCUT2D eigenvalue weighted by molar-refractivity contribution is 7.99. The van der Waals surface area contributed by atoms with Crippen molar-refractivity contribution in [3.8, 4) is 0 Å². The maximum Gasteiger partial charge on any atom is 0.240 e. The van der Waals surface area contributed by atoms with Crippen LogP contribution in [-0.4, -0.2) is 44.7 Å². The molecule has 0 aliphatic heterocycles. The van der Waals surface area contributed by atoms with Crippen molar-refractivity contribution < 1.29 is 13.2 Å². The summed E-state index contributed by atoms with van der Waals surface area (Å²) in [6.45, 7) is 0.240. The molecule has 0 heterocycles. The Labute approximate surface area is 163 Å². The van der Waals surface area contributed by atoms with E-state index in [2.05, 4.69) is 5.32 Å². The molecule has 1 aliphatic carbocycles. The lowest BCUT2D eigenvalue weighted by Gasteiger charge is -2.22. The van der Waals surface area contributed by atoms with E-state index in [4.69, 9.17) is 23.2 Å². The van der Waals surface area contributed by atoms with E-state index in [9.17, 15) is 13.2 Å². The minimum absolute atomic E-state index is 0.237.